The molecule has 0 radical (unpaired) electrons. The van der Waals surface area contributed by atoms with Crippen LogP contribution in [0.2, 0.25) is 0 Å². The molecule has 6 nitrogen and oxygen atoms in total. The van der Waals surface area contributed by atoms with Crippen molar-refractivity contribution < 1.29 is 19.8 Å². The van der Waals surface area contributed by atoms with Gasteiger partial charge in [0.1, 0.15) is 0 Å². The summed E-state index contributed by atoms with van der Waals surface area (Å²) in [4.78, 5) is 26.2. The third-order valence-electron chi connectivity index (χ3n) is 3.59. The fourth-order valence-electron chi connectivity index (χ4n) is 2.36. The zero-order valence-electron chi connectivity index (χ0n) is 13.9. The molecule has 0 heterocycles. The highest BCUT2D eigenvalue weighted by atomic mass is 16.3. The average Bonchev–Trinajstić information content (AvgIpc) is 2.59. The second kappa shape index (κ2) is 11.4. The van der Waals surface area contributed by atoms with Crippen LogP contribution in [0.25, 0.3) is 0 Å². The van der Waals surface area contributed by atoms with Gasteiger partial charge >= 0.3 is 0 Å². The van der Waals surface area contributed by atoms with Crippen LogP contribution in [0.5, 0.6) is 0 Å². The first kappa shape index (κ1) is 19.9. The number of rotatable bonds is 11. The second-order valence-corrected chi connectivity index (χ2v) is 5.46. The van der Waals surface area contributed by atoms with Crippen LogP contribution < -0.4 is 5.32 Å². The minimum absolute atomic E-state index is 0.0378. The molecule has 0 bridgehead atoms. The van der Waals surface area contributed by atoms with E-state index in [1.165, 1.54) is 0 Å². The van der Waals surface area contributed by atoms with Gasteiger partial charge in [-0.15, -0.1) is 6.58 Å². The monoisotopic (exact) mass is 334 g/mol. The van der Waals surface area contributed by atoms with Crippen molar-refractivity contribution in [2.24, 2.45) is 5.92 Å². The maximum atomic E-state index is 12.6. The van der Waals surface area contributed by atoms with E-state index in [0.717, 1.165) is 5.56 Å². The summed E-state index contributed by atoms with van der Waals surface area (Å²) in [5.41, 5.74) is 0.962. The summed E-state index contributed by atoms with van der Waals surface area (Å²) in [6, 6.07) is 9.49. The van der Waals surface area contributed by atoms with E-state index < -0.39 is 5.92 Å². The van der Waals surface area contributed by atoms with Gasteiger partial charge < -0.3 is 20.4 Å². The molecule has 0 aliphatic carbocycles. The molecule has 0 unspecified atom stereocenters. The number of carbonyl (C=O) groups excluding carboxylic acids is 2. The molecule has 0 fully saturated rings. The first-order chi connectivity index (χ1) is 11.6. The molecule has 24 heavy (non-hydrogen) atoms. The normalized spacial score (nSPS) is 11.6. The van der Waals surface area contributed by atoms with E-state index in [9.17, 15) is 14.7 Å². The minimum Gasteiger partial charge on any atom is -0.395 e. The summed E-state index contributed by atoms with van der Waals surface area (Å²) < 4.78 is 0. The van der Waals surface area contributed by atoms with Crippen molar-refractivity contribution in [2.45, 2.75) is 19.4 Å². The minimum atomic E-state index is -0.529. The van der Waals surface area contributed by atoms with Gasteiger partial charge in [-0.25, -0.2) is 0 Å². The second-order valence-electron chi connectivity index (χ2n) is 5.46. The van der Waals surface area contributed by atoms with Crippen LogP contribution in [0.3, 0.4) is 0 Å². The summed E-state index contributed by atoms with van der Waals surface area (Å²) in [6.45, 7) is 4.10. The van der Waals surface area contributed by atoms with Crippen molar-refractivity contribution in [3.8, 4) is 0 Å². The summed E-state index contributed by atoms with van der Waals surface area (Å²) in [5, 5.41) is 20.6. The average molecular weight is 334 g/mol. The molecule has 1 aromatic rings. The van der Waals surface area contributed by atoms with E-state index in [4.69, 9.17) is 5.11 Å². The molecule has 0 aliphatic rings. The van der Waals surface area contributed by atoms with Crippen LogP contribution in [0.1, 0.15) is 18.4 Å². The van der Waals surface area contributed by atoms with Gasteiger partial charge in [-0.05, 0) is 12.0 Å². The number of aliphatic hydroxyl groups is 2. The number of carbonyl (C=O) groups is 2. The Kier molecular flexibility index (Phi) is 9.41. The van der Waals surface area contributed by atoms with Crippen LogP contribution >= 0.6 is 0 Å². The van der Waals surface area contributed by atoms with Crippen LogP contribution in [0.15, 0.2) is 43.0 Å². The van der Waals surface area contributed by atoms with E-state index in [0.29, 0.717) is 13.0 Å². The van der Waals surface area contributed by atoms with E-state index in [-0.39, 0.29) is 44.5 Å². The molecular weight excluding hydrogens is 308 g/mol. The highest BCUT2D eigenvalue weighted by Crippen LogP contribution is 2.14. The Balaban J connectivity index is 2.72. The molecule has 1 aromatic carbocycles. The zero-order chi connectivity index (χ0) is 17.8. The van der Waals surface area contributed by atoms with Crippen LogP contribution in [0, 0.1) is 5.92 Å². The van der Waals surface area contributed by atoms with Crippen molar-refractivity contribution >= 4 is 11.8 Å². The lowest BCUT2D eigenvalue weighted by atomic mass is 9.99. The number of aliphatic hydroxyl groups excluding tert-OH is 2. The van der Waals surface area contributed by atoms with Crippen LogP contribution in [-0.2, 0) is 16.1 Å². The van der Waals surface area contributed by atoms with Gasteiger partial charge in [0.15, 0.2) is 0 Å². The molecule has 0 saturated heterocycles. The van der Waals surface area contributed by atoms with E-state index in [1.54, 1.807) is 11.0 Å². The zero-order valence-corrected chi connectivity index (χ0v) is 13.9. The van der Waals surface area contributed by atoms with Gasteiger partial charge in [-0.1, -0.05) is 36.4 Å². The van der Waals surface area contributed by atoms with Gasteiger partial charge in [0, 0.05) is 26.1 Å². The van der Waals surface area contributed by atoms with Crippen molar-refractivity contribution in [1.82, 2.24) is 10.2 Å². The van der Waals surface area contributed by atoms with E-state index in [2.05, 4.69) is 11.9 Å². The number of benzene rings is 1. The Morgan fingerprint density at radius 1 is 1.21 bits per heavy atom. The number of allylic oxidation sites excluding steroid dienone is 1. The maximum Gasteiger partial charge on any atom is 0.224 e. The highest BCUT2D eigenvalue weighted by Gasteiger charge is 2.23. The Bertz CT molecular complexity index is 519. The van der Waals surface area contributed by atoms with Crippen molar-refractivity contribution in [1.29, 1.82) is 0 Å². The van der Waals surface area contributed by atoms with Gasteiger partial charge in [-0.3, -0.25) is 9.59 Å². The largest absolute Gasteiger partial charge is 0.395 e. The Morgan fingerprint density at radius 2 is 1.92 bits per heavy atom. The number of amides is 2. The first-order valence-electron chi connectivity index (χ1n) is 8.04. The third kappa shape index (κ3) is 6.93. The van der Waals surface area contributed by atoms with Gasteiger partial charge in [0.25, 0.3) is 0 Å². The summed E-state index contributed by atoms with van der Waals surface area (Å²) in [6.07, 6.45) is 2.02. The number of nitrogens with one attached hydrogen (secondary N) is 1. The van der Waals surface area contributed by atoms with Crippen LogP contribution in [-0.4, -0.2) is 53.2 Å². The Labute approximate surface area is 142 Å². The van der Waals surface area contributed by atoms with Crippen molar-refractivity contribution in [2.75, 3.05) is 26.3 Å². The maximum absolute atomic E-state index is 12.6. The molecule has 0 spiro atoms. The first-order valence-corrected chi connectivity index (χ1v) is 8.04. The van der Waals surface area contributed by atoms with Gasteiger partial charge in [-0.2, -0.15) is 0 Å². The molecule has 0 saturated carbocycles. The number of nitrogens with zero attached hydrogens (tertiary/aromatic N) is 1. The molecule has 6 heteroatoms. The molecule has 1 rings (SSSR count). The number of hydrogen-bond donors (Lipinski definition) is 3. The number of hydrogen-bond acceptors (Lipinski definition) is 4. The molecule has 0 aliphatic heterocycles. The molecule has 0 aromatic heterocycles. The fourth-order valence-corrected chi connectivity index (χ4v) is 2.36. The SMILES string of the molecule is C=CC[C@@H](CC(=O)N(CCO)Cc1ccccc1)C(=O)NCCO. The smallest absolute Gasteiger partial charge is 0.224 e. The predicted octanol–water partition coefficient (Wildman–Crippen LogP) is 0.698. The third-order valence-corrected chi connectivity index (χ3v) is 3.59. The summed E-state index contributed by atoms with van der Waals surface area (Å²) in [7, 11) is 0. The lowest BCUT2D eigenvalue weighted by Crippen LogP contribution is -2.38. The lowest BCUT2D eigenvalue weighted by molar-refractivity contribution is -0.137. The molecule has 3 N–H and O–H groups in total. The standard InChI is InChI=1S/C18H26N2O4/c1-2-6-16(18(24)19-9-11-21)13-17(23)20(10-12-22)14-15-7-4-3-5-8-15/h2-5,7-8,16,21-22H,1,6,9-14H2,(H,19,24)/t16-/m0/s1. The van der Waals surface area contributed by atoms with Gasteiger partial charge in [0.05, 0.1) is 19.1 Å². The van der Waals surface area contributed by atoms with Gasteiger partial charge in [0.2, 0.25) is 11.8 Å². The predicted molar refractivity (Wildman–Crippen MR) is 92.0 cm³/mol. The topological polar surface area (TPSA) is 89.9 Å². The Hall–Kier alpha value is -2.18. The van der Waals surface area contributed by atoms with E-state index in [1.807, 2.05) is 30.3 Å². The molecular formula is C18H26N2O4. The fraction of sp³-hybridized carbons (Fsp3) is 0.444. The van der Waals surface area contributed by atoms with Crippen molar-refractivity contribution in [3.05, 3.63) is 48.6 Å². The highest BCUT2D eigenvalue weighted by molar-refractivity contribution is 5.86. The molecule has 2 amide bonds. The van der Waals surface area contributed by atoms with E-state index >= 15 is 0 Å². The lowest BCUT2D eigenvalue weighted by Gasteiger charge is -2.24. The summed E-state index contributed by atoms with van der Waals surface area (Å²) >= 11 is 0. The quantitative estimate of drug-likeness (QED) is 0.520. The molecule has 132 valence electrons. The Morgan fingerprint density at radius 3 is 2.50 bits per heavy atom. The van der Waals surface area contributed by atoms with Crippen LogP contribution in [0.4, 0.5) is 0 Å². The van der Waals surface area contributed by atoms with Crippen molar-refractivity contribution in [3.63, 3.8) is 0 Å². The molecule has 1 atom stereocenters. The summed E-state index contributed by atoms with van der Waals surface area (Å²) in [5.74, 6) is -1.00.